The number of rotatable bonds is 9. The lowest BCUT2D eigenvalue weighted by Gasteiger charge is -2.31. The van der Waals surface area contributed by atoms with E-state index < -0.39 is 6.29 Å². The maximum atomic E-state index is 10.1. The van der Waals surface area contributed by atoms with Crippen molar-refractivity contribution in [1.82, 2.24) is 0 Å². The van der Waals surface area contributed by atoms with Gasteiger partial charge in [-0.1, -0.05) is 36.8 Å². The number of hydrogen-bond donors (Lipinski definition) is 1. The quantitative estimate of drug-likeness (QED) is 0.449. The van der Waals surface area contributed by atoms with E-state index in [1.807, 2.05) is 6.92 Å². The maximum Gasteiger partial charge on any atom is 0.158 e. The van der Waals surface area contributed by atoms with Crippen LogP contribution in [-0.4, -0.2) is 55.5 Å². The third-order valence-electron chi connectivity index (χ3n) is 7.44. The standard InChI is InChI=1S/C26H41ClO6/c1-17(9-10-18(2)27)21(32-25-7-3-5-13-29-25)12-11-19-20-15-24(28)31-23(20)16-22(19)33-26-8-4-6-14-30-26/h10-12,17,19-26,28H,3-9,13-16H2,1-2H3/t17?,19-,20-,21-,22-,23+,24?,25?,26?/m1/s1. The second-order valence-corrected chi connectivity index (χ2v) is 10.7. The molecule has 6 nitrogen and oxygen atoms in total. The zero-order valence-corrected chi connectivity index (χ0v) is 20.8. The minimum Gasteiger partial charge on any atom is -0.368 e. The molecule has 3 aliphatic heterocycles. The van der Waals surface area contributed by atoms with Gasteiger partial charge in [-0.15, -0.1) is 0 Å². The Kier molecular flexibility index (Phi) is 9.69. The van der Waals surface area contributed by atoms with Crippen LogP contribution >= 0.6 is 11.6 Å². The van der Waals surface area contributed by atoms with Gasteiger partial charge in [0.05, 0.1) is 18.3 Å². The van der Waals surface area contributed by atoms with E-state index in [1.165, 1.54) is 0 Å². The summed E-state index contributed by atoms with van der Waals surface area (Å²) in [6.07, 6.45) is 14.1. The average molecular weight is 485 g/mol. The average Bonchev–Trinajstić information content (AvgIpc) is 3.31. The molecule has 0 aromatic carbocycles. The molecule has 33 heavy (non-hydrogen) atoms. The second-order valence-electron chi connectivity index (χ2n) is 10.1. The predicted octanol–water partition coefficient (Wildman–Crippen LogP) is 5.28. The van der Waals surface area contributed by atoms with Crippen LogP contribution in [-0.2, 0) is 23.7 Å². The Bertz CT molecular complexity index is 653. The maximum absolute atomic E-state index is 10.1. The zero-order chi connectivity index (χ0) is 23.2. The summed E-state index contributed by atoms with van der Waals surface area (Å²) in [5.41, 5.74) is 0. The Labute approximate surface area is 203 Å². The largest absolute Gasteiger partial charge is 0.368 e. The van der Waals surface area contributed by atoms with Gasteiger partial charge >= 0.3 is 0 Å². The number of hydrogen-bond acceptors (Lipinski definition) is 6. The Balaban J connectivity index is 1.46. The molecule has 4 rings (SSSR count). The summed E-state index contributed by atoms with van der Waals surface area (Å²) in [4.78, 5) is 0. The fraction of sp³-hybridized carbons (Fsp3) is 0.846. The van der Waals surface area contributed by atoms with Crippen molar-refractivity contribution >= 4 is 11.6 Å². The Morgan fingerprint density at radius 2 is 1.82 bits per heavy atom. The van der Waals surface area contributed by atoms with E-state index in [0.29, 0.717) is 6.42 Å². The van der Waals surface area contributed by atoms with Gasteiger partial charge in [-0.25, -0.2) is 0 Å². The van der Waals surface area contributed by atoms with Gasteiger partial charge in [0.15, 0.2) is 18.9 Å². The lowest BCUT2D eigenvalue weighted by atomic mass is 9.90. The van der Waals surface area contributed by atoms with Crippen molar-refractivity contribution in [3.8, 4) is 0 Å². The predicted molar refractivity (Wildman–Crippen MR) is 127 cm³/mol. The molecule has 7 heteroatoms. The molecule has 4 unspecified atom stereocenters. The van der Waals surface area contributed by atoms with Crippen LogP contribution in [0, 0.1) is 17.8 Å². The van der Waals surface area contributed by atoms with Gasteiger partial charge in [-0.05, 0) is 63.7 Å². The number of ether oxygens (including phenoxy) is 5. The third kappa shape index (κ3) is 7.26. The molecule has 0 radical (unpaired) electrons. The van der Waals surface area contributed by atoms with E-state index in [9.17, 15) is 5.11 Å². The molecule has 1 saturated carbocycles. The summed E-state index contributed by atoms with van der Waals surface area (Å²) >= 11 is 6.10. The highest BCUT2D eigenvalue weighted by molar-refractivity contribution is 6.29. The molecule has 9 atom stereocenters. The molecule has 4 fully saturated rings. The van der Waals surface area contributed by atoms with Crippen LogP contribution in [0.4, 0.5) is 0 Å². The van der Waals surface area contributed by atoms with Crippen molar-refractivity contribution in [2.45, 2.75) is 109 Å². The second kappa shape index (κ2) is 12.5. The molecule has 3 heterocycles. The van der Waals surface area contributed by atoms with Crippen molar-refractivity contribution in [2.24, 2.45) is 17.8 Å². The molecule has 0 amide bonds. The van der Waals surface area contributed by atoms with Gasteiger partial charge in [0, 0.05) is 37.0 Å². The summed E-state index contributed by atoms with van der Waals surface area (Å²) in [6, 6.07) is 0. The van der Waals surface area contributed by atoms with Crippen molar-refractivity contribution in [1.29, 1.82) is 0 Å². The molecule has 188 valence electrons. The van der Waals surface area contributed by atoms with Gasteiger partial charge in [-0.2, -0.15) is 0 Å². The summed E-state index contributed by atoms with van der Waals surface area (Å²) in [7, 11) is 0. The minimum atomic E-state index is -0.679. The summed E-state index contributed by atoms with van der Waals surface area (Å²) in [5.74, 6) is 0.661. The third-order valence-corrected chi connectivity index (χ3v) is 7.59. The lowest BCUT2D eigenvalue weighted by Crippen LogP contribution is -2.32. The van der Waals surface area contributed by atoms with Crippen LogP contribution in [0.3, 0.4) is 0 Å². The molecule has 4 aliphatic rings. The van der Waals surface area contributed by atoms with Crippen molar-refractivity contribution < 1.29 is 28.8 Å². The summed E-state index contributed by atoms with van der Waals surface area (Å²) < 4.78 is 30.4. The highest BCUT2D eigenvalue weighted by Gasteiger charge is 2.49. The topological polar surface area (TPSA) is 66.4 Å². The minimum absolute atomic E-state index is 0.0266. The van der Waals surface area contributed by atoms with Crippen LogP contribution in [0.15, 0.2) is 23.3 Å². The molecule has 3 saturated heterocycles. The normalized spacial score (nSPS) is 39.6. The van der Waals surface area contributed by atoms with E-state index >= 15 is 0 Å². The lowest BCUT2D eigenvalue weighted by molar-refractivity contribution is -0.196. The number of allylic oxidation sites excluding steroid dienone is 2. The van der Waals surface area contributed by atoms with Gasteiger partial charge in [-0.3, -0.25) is 0 Å². The Morgan fingerprint density at radius 3 is 2.48 bits per heavy atom. The van der Waals surface area contributed by atoms with Crippen LogP contribution in [0.25, 0.3) is 0 Å². The van der Waals surface area contributed by atoms with Crippen LogP contribution in [0.1, 0.15) is 71.6 Å². The fourth-order valence-corrected chi connectivity index (χ4v) is 5.64. The number of halogens is 1. The van der Waals surface area contributed by atoms with Crippen LogP contribution < -0.4 is 0 Å². The molecule has 0 spiro atoms. The van der Waals surface area contributed by atoms with Crippen molar-refractivity contribution in [3.63, 3.8) is 0 Å². The fourth-order valence-electron chi connectivity index (χ4n) is 5.55. The number of aliphatic hydroxyl groups excluding tert-OH is 1. The van der Waals surface area contributed by atoms with Crippen LogP contribution in [0.2, 0.25) is 0 Å². The molecular formula is C26H41ClO6. The first kappa shape index (κ1) is 25.6. The highest BCUT2D eigenvalue weighted by atomic mass is 35.5. The smallest absolute Gasteiger partial charge is 0.158 e. The van der Waals surface area contributed by atoms with E-state index in [2.05, 4.69) is 25.2 Å². The first-order valence-corrected chi connectivity index (χ1v) is 13.3. The van der Waals surface area contributed by atoms with E-state index in [4.69, 9.17) is 35.3 Å². The summed E-state index contributed by atoms with van der Waals surface area (Å²) in [6.45, 7) is 5.62. The van der Waals surface area contributed by atoms with Crippen molar-refractivity contribution in [2.75, 3.05) is 13.2 Å². The first-order valence-electron chi connectivity index (χ1n) is 12.9. The number of aliphatic hydroxyl groups is 1. The zero-order valence-electron chi connectivity index (χ0n) is 20.1. The van der Waals surface area contributed by atoms with Gasteiger partial charge in [0.1, 0.15) is 0 Å². The SMILES string of the molecule is CC(Cl)=CCC(C)[C@@H](C=C[C@@H]1[C@H]2CC(O)O[C@H]2C[C@H]1OC1CCCCO1)OC1CCCCO1. The van der Waals surface area contributed by atoms with Gasteiger partial charge in [0.2, 0.25) is 0 Å². The molecular weight excluding hydrogens is 444 g/mol. The Morgan fingerprint density at radius 1 is 1.09 bits per heavy atom. The summed E-state index contributed by atoms with van der Waals surface area (Å²) in [5, 5.41) is 10.9. The van der Waals surface area contributed by atoms with Crippen LogP contribution in [0.5, 0.6) is 0 Å². The number of fused-ring (bicyclic) bond motifs is 1. The van der Waals surface area contributed by atoms with E-state index in [0.717, 1.165) is 69.6 Å². The monoisotopic (exact) mass is 484 g/mol. The van der Waals surface area contributed by atoms with Gasteiger partial charge < -0.3 is 28.8 Å². The molecule has 0 aromatic rings. The first-order chi connectivity index (χ1) is 16.0. The molecule has 0 bridgehead atoms. The van der Waals surface area contributed by atoms with Crippen molar-refractivity contribution in [3.05, 3.63) is 23.3 Å². The van der Waals surface area contributed by atoms with Gasteiger partial charge in [0.25, 0.3) is 0 Å². The van der Waals surface area contributed by atoms with E-state index in [-0.39, 0.29) is 48.6 Å². The molecule has 1 aliphatic carbocycles. The molecule has 1 N–H and O–H groups in total. The Hall–Kier alpha value is -0.470. The van der Waals surface area contributed by atoms with E-state index in [1.54, 1.807) is 0 Å². The highest BCUT2D eigenvalue weighted by Crippen LogP contribution is 2.45. The molecule has 0 aromatic heterocycles.